The van der Waals surface area contributed by atoms with Gasteiger partial charge in [-0.2, -0.15) is 0 Å². The largest absolute Gasteiger partial charge is 0.361 e. The molecule has 0 saturated heterocycles. The van der Waals surface area contributed by atoms with Crippen LogP contribution in [0.1, 0.15) is 15.4 Å². The second kappa shape index (κ2) is 4.92. The molecule has 2 heterocycles. The first-order chi connectivity index (χ1) is 8.81. The van der Waals surface area contributed by atoms with Gasteiger partial charge in [-0.25, -0.2) is 4.98 Å². The number of benzene rings is 1. The maximum absolute atomic E-state index is 4.25. The molecule has 0 unspecified atom stereocenters. The highest BCUT2D eigenvalue weighted by molar-refractivity contribution is 7.11. The molecule has 3 aromatic rings. The Labute approximate surface area is 110 Å². The molecule has 0 bridgehead atoms. The highest BCUT2D eigenvalue weighted by Crippen LogP contribution is 2.15. The Kier molecular flexibility index (Phi) is 3.13. The lowest BCUT2D eigenvalue weighted by molar-refractivity contribution is 0.700. The smallest absolute Gasteiger partial charge is 0.0897 e. The monoisotopic (exact) mass is 257 g/mol. The van der Waals surface area contributed by atoms with Crippen LogP contribution in [0.25, 0.3) is 10.9 Å². The minimum Gasteiger partial charge on any atom is -0.361 e. The lowest BCUT2D eigenvalue weighted by Gasteiger charge is -2.03. The third kappa shape index (κ3) is 2.44. The molecule has 0 amide bonds. The van der Waals surface area contributed by atoms with Gasteiger partial charge >= 0.3 is 0 Å². The SMILES string of the molecule is Cc1ncc(CNCc2ccc3cc[nH]c3c2)s1. The number of aryl methyl sites for hydroxylation is 1. The average Bonchev–Trinajstić information content (AvgIpc) is 2.97. The van der Waals surface area contributed by atoms with Crippen molar-refractivity contribution in [3.8, 4) is 0 Å². The van der Waals surface area contributed by atoms with Gasteiger partial charge in [0, 0.05) is 35.9 Å². The topological polar surface area (TPSA) is 40.7 Å². The van der Waals surface area contributed by atoms with Crippen LogP contribution in [0.3, 0.4) is 0 Å². The van der Waals surface area contributed by atoms with Crippen LogP contribution in [0.4, 0.5) is 0 Å². The van der Waals surface area contributed by atoms with Crippen LogP contribution < -0.4 is 5.32 Å². The first kappa shape index (κ1) is 11.4. The minimum absolute atomic E-state index is 0.881. The summed E-state index contributed by atoms with van der Waals surface area (Å²) in [4.78, 5) is 8.77. The van der Waals surface area contributed by atoms with Gasteiger partial charge in [0.25, 0.3) is 0 Å². The van der Waals surface area contributed by atoms with E-state index in [4.69, 9.17) is 0 Å². The molecule has 1 aromatic carbocycles. The third-order valence-electron chi connectivity index (χ3n) is 2.92. The van der Waals surface area contributed by atoms with Crippen molar-refractivity contribution in [2.75, 3.05) is 0 Å². The van der Waals surface area contributed by atoms with Gasteiger partial charge in [0.2, 0.25) is 0 Å². The van der Waals surface area contributed by atoms with Crippen LogP contribution in [0, 0.1) is 6.92 Å². The second-order valence-corrected chi connectivity index (χ2v) is 5.67. The molecule has 2 aromatic heterocycles. The van der Waals surface area contributed by atoms with Gasteiger partial charge in [-0.3, -0.25) is 0 Å². The molecule has 0 atom stereocenters. The van der Waals surface area contributed by atoms with Crippen molar-refractivity contribution in [1.82, 2.24) is 15.3 Å². The number of H-pyrrole nitrogens is 1. The van der Waals surface area contributed by atoms with E-state index in [0.29, 0.717) is 0 Å². The standard InChI is InChI=1S/C14H15N3S/c1-10-17-9-13(18-10)8-15-7-11-2-3-12-4-5-16-14(12)6-11/h2-6,9,15-16H,7-8H2,1H3. The fourth-order valence-electron chi connectivity index (χ4n) is 2.02. The quantitative estimate of drug-likeness (QED) is 0.753. The van der Waals surface area contributed by atoms with Crippen LogP contribution >= 0.6 is 11.3 Å². The summed E-state index contributed by atoms with van der Waals surface area (Å²) < 4.78 is 0. The predicted octanol–water partition coefficient (Wildman–Crippen LogP) is 3.22. The van der Waals surface area contributed by atoms with Crippen LogP contribution in [-0.2, 0) is 13.1 Å². The van der Waals surface area contributed by atoms with Gasteiger partial charge in [-0.15, -0.1) is 11.3 Å². The number of aromatic amines is 1. The Balaban J connectivity index is 1.62. The Morgan fingerprint density at radius 1 is 1.28 bits per heavy atom. The second-order valence-electron chi connectivity index (χ2n) is 4.35. The average molecular weight is 257 g/mol. The van der Waals surface area contributed by atoms with Crippen LogP contribution in [0.2, 0.25) is 0 Å². The third-order valence-corrected chi connectivity index (χ3v) is 3.83. The molecule has 4 heteroatoms. The van der Waals surface area contributed by atoms with E-state index in [0.717, 1.165) is 18.1 Å². The van der Waals surface area contributed by atoms with Crippen molar-refractivity contribution in [2.45, 2.75) is 20.0 Å². The number of nitrogens with zero attached hydrogens (tertiary/aromatic N) is 1. The van der Waals surface area contributed by atoms with Gasteiger partial charge < -0.3 is 10.3 Å². The molecule has 0 fully saturated rings. The zero-order valence-electron chi connectivity index (χ0n) is 10.2. The summed E-state index contributed by atoms with van der Waals surface area (Å²) >= 11 is 1.75. The van der Waals surface area contributed by atoms with Crippen molar-refractivity contribution in [3.63, 3.8) is 0 Å². The molecule has 3 nitrogen and oxygen atoms in total. The summed E-state index contributed by atoms with van der Waals surface area (Å²) in [6.45, 7) is 3.80. The van der Waals surface area contributed by atoms with E-state index in [9.17, 15) is 0 Å². The molecular weight excluding hydrogens is 242 g/mol. The van der Waals surface area contributed by atoms with E-state index in [1.54, 1.807) is 11.3 Å². The van der Waals surface area contributed by atoms with Crippen LogP contribution in [-0.4, -0.2) is 9.97 Å². The van der Waals surface area contributed by atoms with E-state index < -0.39 is 0 Å². The highest BCUT2D eigenvalue weighted by atomic mass is 32.1. The van der Waals surface area contributed by atoms with E-state index in [1.165, 1.54) is 21.3 Å². The fourth-order valence-corrected chi connectivity index (χ4v) is 2.79. The Morgan fingerprint density at radius 2 is 2.22 bits per heavy atom. The van der Waals surface area contributed by atoms with Crippen molar-refractivity contribution in [1.29, 1.82) is 0 Å². The van der Waals surface area contributed by atoms with Gasteiger partial charge in [-0.1, -0.05) is 12.1 Å². The number of aromatic nitrogens is 2. The normalized spacial score (nSPS) is 11.2. The maximum atomic E-state index is 4.25. The summed E-state index contributed by atoms with van der Waals surface area (Å²) in [5.41, 5.74) is 2.49. The molecule has 0 aliphatic carbocycles. The first-order valence-electron chi connectivity index (χ1n) is 5.99. The molecule has 0 aliphatic rings. The predicted molar refractivity (Wildman–Crippen MR) is 75.7 cm³/mol. The number of rotatable bonds is 4. The summed E-state index contributed by atoms with van der Waals surface area (Å²) in [6.07, 6.45) is 3.92. The molecule has 3 rings (SSSR count). The Bertz CT molecular complexity index is 654. The molecule has 2 N–H and O–H groups in total. The zero-order valence-corrected chi connectivity index (χ0v) is 11.1. The summed E-state index contributed by atoms with van der Waals surface area (Å²) in [5.74, 6) is 0. The van der Waals surface area contributed by atoms with E-state index in [2.05, 4.69) is 39.6 Å². The van der Waals surface area contributed by atoms with E-state index in [-0.39, 0.29) is 0 Å². The molecule has 0 radical (unpaired) electrons. The first-order valence-corrected chi connectivity index (χ1v) is 6.81. The van der Waals surface area contributed by atoms with Gasteiger partial charge in [0.1, 0.15) is 0 Å². The summed E-state index contributed by atoms with van der Waals surface area (Å²) in [5, 5.41) is 5.83. The lowest BCUT2D eigenvalue weighted by Crippen LogP contribution is -2.11. The molecular formula is C14H15N3S. The number of thiazole rings is 1. The summed E-state index contributed by atoms with van der Waals surface area (Å²) in [6, 6.07) is 8.60. The summed E-state index contributed by atoms with van der Waals surface area (Å²) in [7, 11) is 0. The van der Waals surface area contributed by atoms with Gasteiger partial charge in [0.05, 0.1) is 5.01 Å². The minimum atomic E-state index is 0.881. The lowest BCUT2D eigenvalue weighted by atomic mass is 10.1. The number of nitrogens with one attached hydrogen (secondary N) is 2. The molecule has 18 heavy (non-hydrogen) atoms. The van der Waals surface area contributed by atoms with E-state index >= 15 is 0 Å². The molecule has 0 spiro atoms. The Morgan fingerprint density at radius 3 is 3.06 bits per heavy atom. The van der Waals surface area contributed by atoms with Crippen molar-refractivity contribution < 1.29 is 0 Å². The highest BCUT2D eigenvalue weighted by Gasteiger charge is 1.99. The van der Waals surface area contributed by atoms with Crippen LogP contribution in [0.5, 0.6) is 0 Å². The van der Waals surface area contributed by atoms with Crippen molar-refractivity contribution in [3.05, 3.63) is 52.1 Å². The maximum Gasteiger partial charge on any atom is 0.0897 e. The molecule has 0 saturated carbocycles. The molecule has 92 valence electrons. The molecule has 0 aliphatic heterocycles. The van der Waals surface area contributed by atoms with Crippen LogP contribution in [0.15, 0.2) is 36.7 Å². The van der Waals surface area contributed by atoms with Crippen molar-refractivity contribution >= 4 is 22.2 Å². The van der Waals surface area contributed by atoms with Gasteiger partial charge in [0.15, 0.2) is 0 Å². The van der Waals surface area contributed by atoms with E-state index in [1.807, 2.05) is 19.3 Å². The number of hydrogen-bond acceptors (Lipinski definition) is 3. The Hall–Kier alpha value is -1.65. The van der Waals surface area contributed by atoms with Gasteiger partial charge in [-0.05, 0) is 30.0 Å². The number of hydrogen-bond donors (Lipinski definition) is 2. The van der Waals surface area contributed by atoms with Crippen molar-refractivity contribution in [2.24, 2.45) is 0 Å². The fraction of sp³-hybridized carbons (Fsp3) is 0.214. The zero-order chi connectivity index (χ0) is 12.4. The number of fused-ring (bicyclic) bond motifs is 1.